The molecule has 0 aromatic rings. The van der Waals surface area contributed by atoms with Crippen molar-refractivity contribution in [3.05, 3.63) is 18.8 Å². The summed E-state index contributed by atoms with van der Waals surface area (Å²) in [5, 5.41) is 5.76. The van der Waals surface area contributed by atoms with Gasteiger partial charge < -0.3 is 10.6 Å². The Morgan fingerprint density at radius 1 is 1.75 bits per heavy atom. The van der Waals surface area contributed by atoms with E-state index in [0.717, 1.165) is 5.96 Å². The lowest BCUT2D eigenvalue weighted by molar-refractivity contribution is 1.01. The molecule has 1 heterocycles. The fourth-order valence-corrected chi connectivity index (χ4v) is 0.462. The Labute approximate surface area is 48.5 Å². The molecule has 3 nitrogen and oxygen atoms in total. The van der Waals surface area contributed by atoms with Gasteiger partial charge in [0.25, 0.3) is 0 Å². The molecule has 43 valence electrons. The van der Waals surface area contributed by atoms with Crippen molar-refractivity contribution in [3.8, 4) is 0 Å². The predicted molar refractivity (Wildman–Crippen MR) is 33.1 cm³/mol. The van der Waals surface area contributed by atoms with E-state index in [-0.39, 0.29) is 0 Å². The summed E-state index contributed by atoms with van der Waals surface area (Å²) < 4.78 is 0. The summed E-state index contributed by atoms with van der Waals surface area (Å²) >= 11 is 0. The molecular weight excluding hydrogens is 102 g/mol. The van der Waals surface area contributed by atoms with E-state index in [2.05, 4.69) is 15.6 Å². The average Bonchev–Trinajstić information content (AvgIpc) is 1.90. The van der Waals surface area contributed by atoms with E-state index in [1.165, 1.54) is 0 Å². The number of hydrogen-bond acceptors (Lipinski definition) is 3. The van der Waals surface area contributed by atoms with Crippen molar-refractivity contribution in [3.63, 3.8) is 0 Å². The molecule has 0 bridgehead atoms. The van der Waals surface area contributed by atoms with Gasteiger partial charge in [-0.15, -0.1) is 0 Å². The molecule has 0 aromatic heterocycles. The van der Waals surface area contributed by atoms with Crippen LogP contribution in [0.3, 0.4) is 0 Å². The third kappa shape index (κ3) is 0.992. The van der Waals surface area contributed by atoms with Crippen LogP contribution in [0.25, 0.3) is 0 Å². The van der Waals surface area contributed by atoms with E-state index in [9.17, 15) is 0 Å². The monoisotopic (exact) mass is 110 g/mol. The summed E-state index contributed by atoms with van der Waals surface area (Å²) in [6, 6.07) is 0. The number of guanidine groups is 1. The molecule has 0 spiro atoms. The van der Waals surface area contributed by atoms with E-state index in [1.807, 2.05) is 19.7 Å². The van der Waals surface area contributed by atoms with Crippen LogP contribution in [-0.4, -0.2) is 13.0 Å². The molecule has 0 aliphatic carbocycles. The first-order chi connectivity index (χ1) is 3.93. The van der Waals surface area contributed by atoms with Crippen LogP contribution in [0, 0.1) is 6.54 Å². The highest BCUT2D eigenvalue weighted by Gasteiger charge is 1.92. The maximum Gasteiger partial charge on any atom is 0.196 e. The zero-order chi connectivity index (χ0) is 5.82. The molecule has 0 saturated heterocycles. The Hall–Kier alpha value is -0.990. The highest BCUT2D eigenvalue weighted by molar-refractivity contribution is 5.81. The summed E-state index contributed by atoms with van der Waals surface area (Å²) in [7, 11) is 1.82. The number of nitrogens with zero attached hydrogens (tertiary/aromatic N) is 1. The van der Waals surface area contributed by atoms with Crippen molar-refractivity contribution < 1.29 is 0 Å². The van der Waals surface area contributed by atoms with Gasteiger partial charge >= 0.3 is 0 Å². The topological polar surface area (TPSA) is 36.4 Å². The maximum absolute atomic E-state index is 3.93. The summed E-state index contributed by atoms with van der Waals surface area (Å²) in [6.45, 7) is 1.82. The van der Waals surface area contributed by atoms with Crippen molar-refractivity contribution in [2.45, 2.75) is 0 Å². The lowest BCUT2D eigenvalue weighted by Gasteiger charge is -2.07. The summed E-state index contributed by atoms with van der Waals surface area (Å²) in [5.41, 5.74) is 0. The highest BCUT2D eigenvalue weighted by Crippen LogP contribution is 1.84. The van der Waals surface area contributed by atoms with Crippen LogP contribution in [0.5, 0.6) is 0 Å². The van der Waals surface area contributed by atoms with E-state index < -0.39 is 0 Å². The molecule has 0 atom stereocenters. The Kier molecular flexibility index (Phi) is 1.51. The van der Waals surface area contributed by atoms with Crippen molar-refractivity contribution in [1.29, 1.82) is 0 Å². The van der Waals surface area contributed by atoms with Crippen LogP contribution in [-0.2, 0) is 0 Å². The van der Waals surface area contributed by atoms with Gasteiger partial charge in [0.05, 0.1) is 6.54 Å². The van der Waals surface area contributed by atoms with Crippen molar-refractivity contribution in [2.75, 3.05) is 7.05 Å². The zero-order valence-electron chi connectivity index (χ0n) is 4.68. The van der Waals surface area contributed by atoms with Gasteiger partial charge in [0.2, 0.25) is 0 Å². The quantitative estimate of drug-likeness (QED) is 0.454. The lowest BCUT2D eigenvalue weighted by Crippen LogP contribution is -2.33. The van der Waals surface area contributed by atoms with Crippen molar-refractivity contribution in [1.82, 2.24) is 10.6 Å². The van der Waals surface area contributed by atoms with Crippen molar-refractivity contribution >= 4 is 5.96 Å². The fraction of sp³-hybridized carbons (Fsp3) is 0.200. The van der Waals surface area contributed by atoms with Gasteiger partial charge in [-0.1, -0.05) is 0 Å². The van der Waals surface area contributed by atoms with Gasteiger partial charge in [0.15, 0.2) is 5.96 Å². The van der Waals surface area contributed by atoms with Crippen molar-refractivity contribution in [2.24, 2.45) is 4.99 Å². The minimum Gasteiger partial charge on any atom is -0.359 e. The van der Waals surface area contributed by atoms with Gasteiger partial charge in [-0.2, -0.15) is 0 Å². The van der Waals surface area contributed by atoms with Gasteiger partial charge in [-0.25, -0.2) is 4.99 Å². The summed E-state index contributed by atoms with van der Waals surface area (Å²) in [4.78, 5) is 3.93. The van der Waals surface area contributed by atoms with Gasteiger partial charge in [-0.05, 0) is 6.08 Å². The molecule has 2 N–H and O–H groups in total. The largest absolute Gasteiger partial charge is 0.359 e. The SMILES string of the molecule is CNC1=NC=C[CH]N1. The first-order valence-corrected chi connectivity index (χ1v) is 2.44. The van der Waals surface area contributed by atoms with Crippen LogP contribution < -0.4 is 10.6 Å². The standard InChI is InChI=1S/C5H8N3/c1-6-5-7-3-2-4-8-5/h2-4H,1H3,(H2,6,7,8). The Balaban J connectivity index is 2.50. The van der Waals surface area contributed by atoms with E-state index in [4.69, 9.17) is 0 Å². The van der Waals surface area contributed by atoms with Crippen LogP contribution in [0.2, 0.25) is 0 Å². The predicted octanol–water partition coefficient (Wildman–Crippen LogP) is -0.160. The average molecular weight is 110 g/mol. The Morgan fingerprint density at radius 3 is 3.00 bits per heavy atom. The molecule has 3 heteroatoms. The number of hydrogen-bond donors (Lipinski definition) is 2. The second kappa shape index (κ2) is 2.35. The number of rotatable bonds is 0. The smallest absolute Gasteiger partial charge is 0.196 e. The second-order valence-electron chi connectivity index (χ2n) is 1.38. The first-order valence-electron chi connectivity index (χ1n) is 2.44. The number of aliphatic imine (C=N–C) groups is 1. The molecule has 0 saturated carbocycles. The third-order valence-electron chi connectivity index (χ3n) is 0.843. The molecule has 8 heavy (non-hydrogen) atoms. The summed E-state index contributed by atoms with van der Waals surface area (Å²) in [5.74, 6) is 0.785. The molecule has 1 radical (unpaired) electrons. The van der Waals surface area contributed by atoms with Crippen LogP contribution in [0.15, 0.2) is 17.3 Å². The second-order valence-corrected chi connectivity index (χ2v) is 1.38. The molecule has 0 fully saturated rings. The lowest BCUT2D eigenvalue weighted by atomic mass is 10.5. The van der Waals surface area contributed by atoms with Gasteiger partial charge in [0, 0.05) is 13.2 Å². The molecule has 1 aliphatic rings. The Morgan fingerprint density at radius 2 is 2.62 bits per heavy atom. The minimum atomic E-state index is 0.785. The van der Waals surface area contributed by atoms with Gasteiger partial charge in [0.1, 0.15) is 0 Å². The molecule has 1 rings (SSSR count). The molecule has 0 amide bonds. The van der Waals surface area contributed by atoms with Crippen LogP contribution in [0.4, 0.5) is 0 Å². The van der Waals surface area contributed by atoms with Crippen LogP contribution >= 0.6 is 0 Å². The van der Waals surface area contributed by atoms with Crippen LogP contribution in [0.1, 0.15) is 0 Å². The molecule has 0 aromatic carbocycles. The normalized spacial score (nSPS) is 16.9. The first kappa shape index (κ1) is 5.15. The molecule has 1 aliphatic heterocycles. The van der Waals surface area contributed by atoms with E-state index >= 15 is 0 Å². The Bertz CT molecular complexity index is 126. The molecule has 0 unspecified atom stereocenters. The third-order valence-corrected chi connectivity index (χ3v) is 0.843. The maximum atomic E-state index is 3.93. The fourth-order valence-electron chi connectivity index (χ4n) is 0.462. The number of nitrogens with one attached hydrogen (secondary N) is 2. The van der Waals surface area contributed by atoms with E-state index in [1.54, 1.807) is 6.20 Å². The molecular formula is C5H8N3. The highest BCUT2D eigenvalue weighted by atomic mass is 15.2. The van der Waals surface area contributed by atoms with Gasteiger partial charge in [-0.3, -0.25) is 0 Å². The summed E-state index contributed by atoms with van der Waals surface area (Å²) in [6.07, 6.45) is 3.56. The van der Waals surface area contributed by atoms with E-state index in [0.29, 0.717) is 0 Å². The zero-order valence-corrected chi connectivity index (χ0v) is 4.68. The minimum absolute atomic E-state index is 0.785.